The predicted molar refractivity (Wildman–Crippen MR) is 82.1 cm³/mol. The summed E-state index contributed by atoms with van der Waals surface area (Å²) in [6, 6.07) is 0. The van der Waals surface area contributed by atoms with Crippen molar-refractivity contribution in [1.29, 1.82) is 0 Å². The van der Waals surface area contributed by atoms with Crippen LogP contribution in [0.2, 0.25) is 0 Å². The molecule has 1 heteroatoms. The Kier molecular flexibility index (Phi) is 15.0. The second kappa shape index (κ2) is 15.0. The van der Waals surface area contributed by atoms with Crippen LogP contribution in [-0.2, 0) is 4.74 Å². The first-order chi connectivity index (χ1) is 8.77. The molecule has 0 rings (SSSR count). The second-order valence-electron chi connectivity index (χ2n) is 5.91. The van der Waals surface area contributed by atoms with E-state index in [1.807, 2.05) is 0 Å². The van der Waals surface area contributed by atoms with Crippen molar-refractivity contribution in [2.45, 2.75) is 91.4 Å². The molecule has 110 valence electrons. The van der Waals surface area contributed by atoms with Crippen molar-refractivity contribution in [2.24, 2.45) is 5.92 Å². The van der Waals surface area contributed by atoms with Crippen molar-refractivity contribution in [1.82, 2.24) is 0 Å². The zero-order valence-electron chi connectivity index (χ0n) is 13.2. The van der Waals surface area contributed by atoms with Gasteiger partial charge in [-0.25, -0.2) is 0 Å². The van der Waals surface area contributed by atoms with Gasteiger partial charge < -0.3 is 4.74 Å². The molecule has 0 aromatic carbocycles. The smallest absolute Gasteiger partial charge is 0.0465 e. The van der Waals surface area contributed by atoms with Gasteiger partial charge in [-0.05, 0) is 19.3 Å². The molecule has 0 spiro atoms. The lowest BCUT2D eigenvalue weighted by Crippen LogP contribution is -1.92. The Morgan fingerprint density at radius 3 is 1.56 bits per heavy atom. The highest BCUT2D eigenvalue weighted by Crippen LogP contribution is 2.13. The molecule has 0 aromatic rings. The molecular weight excluding hydrogens is 220 g/mol. The fourth-order valence-electron chi connectivity index (χ4n) is 2.32. The molecule has 0 saturated carbocycles. The minimum Gasteiger partial charge on any atom is -0.382 e. The average molecular weight is 256 g/mol. The molecule has 0 fully saturated rings. The SMILES string of the molecule is CCOCCCCCCCCCCCCC(C)C. The summed E-state index contributed by atoms with van der Waals surface area (Å²) in [4.78, 5) is 0. The molecule has 0 bridgehead atoms. The van der Waals surface area contributed by atoms with Gasteiger partial charge in [0.15, 0.2) is 0 Å². The molecule has 1 nitrogen and oxygen atoms in total. The van der Waals surface area contributed by atoms with Gasteiger partial charge in [-0.15, -0.1) is 0 Å². The van der Waals surface area contributed by atoms with Crippen LogP contribution in [-0.4, -0.2) is 13.2 Å². The van der Waals surface area contributed by atoms with Crippen molar-refractivity contribution in [3.8, 4) is 0 Å². The number of hydrogen-bond donors (Lipinski definition) is 0. The molecule has 0 aliphatic heterocycles. The van der Waals surface area contributed by atoms with Crippen LogP contribution in [0.4, 0.5) is 0 Å². The monoisotopic (exact) mass is 256 g/mol. The summed E-state index contributed by atoms with van der Waals surface area (Å²) in [5.41, 5.74) is 0. The van der Waals surface area contributed by atoms with E-state index in [2.05, 4.69) is 20.8 Å². The molecule has 0 N–H and O–H groups in total. The van der Waals surface area contributed by atoms with Crippen molar-refractivity contribution in [3.63, 3.8) is 0 Å². The number of hydrogen-bond acceptors (Lipinski definition) is 1. The van der Waals surface area contributed by atoms with E-state index in [0.717, 1.165) is 19.1 Å². The standard InChI is InChI=1S/C17H36O/c1-4-18-16-14-12-10-8-6-5-7-9-11-13-15-17(2)3/h17H,4-16H2,1-3H3. The summed E-state index contributed by atoms with van der Waals surface area (Å²) in [6.07, 6.45) is 15.6. The van der Waals surface area contributed by atoms with E-state index in [0.29, 0.717) is 0 Å². The Morgan fingerprint density at radius 2 is 1.11 bits per heavy atom. The van der Waals surface area contributed by atoms with Gasteiger partial charge in [0.2, 0.25) is 0 Å². The van der Waals surface area contributed by atoms with Gasteiger partial charge in [0.1, 0.15) is 0 Å². The van der Waals surface area contributed by atoms with E-state index in [-0.39, 0.29) is 0 Å². The molecule has 0 heterocycles. The first kappa shape index (κ1) is 18.0. The first-order valence-electron chi connectivity index (χ1n) is 8.35. The van der Waals surface area contributed by atoms with Crippen LogP contribution in [0, 0.1) is 5.92 Å². The molecule has 0 aliphatic rings. The molecule has 18 heavy (non-hydrogen) atoms. The third-order valence-corrected chi connectivity index (χ3v) is 3.52. The second-order valence-corrected chi connectivity index (χ2v) is 5.91. The number of ether oxygens (including phenoxy) is 1. The zero-order valence-corrected chi connectivity index (χ0v) is 13.2. The lowest BCUT2D eigenvalue weighted by molar-refractivity contribution is 0.143. The molecule has 0 aliphatic carbocycles. The predicted octanol–water partition coefficient (Wildman–Crippen LogP) is 5.97. The largest absolute Gasteiger partial charge is 0.382 e. The zero-order chi connectivity index (χ0) is 13.5. The summed E-state index contributed by atoms with van der Waals surface area (Å²) in [7, 11) is 0. The van der Waals surface area contributed by atoms with Gasteiger partial charge >= 0.3 is 0 Å². The highest BCUT2D eigenvalue weighted by molar-refractivity contribution is 4.50. The van der Waals surface area contributed by atoms with Crippen LogP contribution < -0.4 is 0 Å². The van der Waals surface area contributed by atoms with Crippen LogP contribution in [0.1, 0.15) is 91.4 Å². The van der Waals surface area contributed by atoms with Gasteiger partial charge in [-0.2, -0.15) is 0 Å². The molecule has 0 unspecified atom stereocenters. The Labute approximate surface area is 116 Å². The molecule has 0 radical (unpaired) electrons. The lowest BCUT2D eigenvalue weighted by atomic mass is 10.0. The van der Waals surface area contributed by atoms with Gasteiger partial charge in [0.25, 0.3) is 0 Å². The quantitative estimate of drug-likeness (QED) is 0.348. The topological polar surface area (TPSA) is 9.23 Å². The van der Waals surface area contributed by atoms with Crippen LogP contribution >= 0.6 is 0 Å². The van der Waals surface area contributed by atoms with E-state index < -0.39 is 0 Å². The maximum atomic E-state index is 5.33. The number of unbranched alkanes of at least 4 members (excludes halogenated alkanes) is 9. The minimum absolute atomic E-state index is 0.872. The van der Waals surface area contributed by atoms with Crippen LogP contribution in [0.5, 0.6) is 0 Å². The van der Waals surface area contributed by atoms with E-state index in [9.17, 15) is 0 Å². The molecule has 0 aromatic heterocycles. The van der Waals surface area contributed by atoms with E-state index in [1.54, 1.807) is 0 Å². The van der Waals surface area contributed by atoms with Gasteiger partial charge in [0, 0.05) is 13.2 Å². The fourth-order valence-corrected chi connectivity index (χ4v) is 2.32. The van der Waals surface area contributed by atoms with Crippen LogP contribution in [0.25, 0.3) is 0 Å². The highest BCUT2D eigenvalue weighted by atomic mass is 16.5. The Hall–Kier alpha value is -0.0400. The average Bonchev–Trinajstić information content (AvgIpc) is 2.34. The van der Waals surface area contributed by atoms with E-state index in [1.165, 1.54) is 70.6 Å². The summed E-state index contributed by atoms with van der Waals surface area (Å²) >= 11 is 0. The summed E-state index contributed by atoms with van der Waals surface area (Å²) < 4.78 is 5.33. The van der Waals surface area contributed by atoms with Crippen molar-refractivity contribution in [3.05, 3.63) is 0 Å². The Morgan fingerprint density at radius 1 is 0.667 bits per heavy atom. The maximum absolute atomic E-state index is 5.33. The Bertz CT molecular complexity index is 143. The molecular formula is C17H36O. The van der Waals surface area contributed by atoms with Crippen LogP contribution in [0.15, 0.2) is 0 Å². The normalized spacial score (nSPS) is 11.3. The van der Waals surface area contributed by atoms with Crippen molar-refractivity contribution < 1.29 is 4.74 Å². The van der Waals surface area contributed by atoms with E-state index >= 15 is 0 Å². The fraction of sp³-hybridized carbons (Fsp3) is 1.00. The lowest BCUT2D eigenvalue weighted by Gasteiger charge is -2.04. The third-order valence-electron chi connectivity index (χ3n) is 3.52. The van der Waals surface area contributed by atoms with E-state index in [4.69, 9.17) is 4.74 Å². The van der Waals surface area contributed by atoms with Crippen molar-refractivity contribution in [2.75, 3.05) is 13.2 Å². The van der Waals surface area contributed by atoms with Gasteiger partial charge in [0.05, 0.1) is 0 Å². The van der Waals surface area contributed by atoms with Gasteiger partial charge in [-0.3, -0.25) is 0 Å². The maximum Gasteiger partial charge on any atom is 0.0465 e. The first-order valence-corrected chi connectivity index (χ1v) is 8.35. The van der Waals surface area contributed by atoms with Gasteiger partial charge in [-0.1, -0.05) is 78.1 Å². The minimum atomic E-state index is 0.872. The molecule has 0 saturated heterocycles. The molecule has 0 atom stereocenters. The van der Waals surface area contributed by atoms with Crippen molar-refractivity contribution >= 4 is 0 Å². The third kappa shape index (κ3) is 16.0. The number of rotatable bonds is 14. The summed E-state index contributed by atoms with van der Waals surface area (Å²) in [5, 5.41) is 0. The van der Waals surface area contributed by atoms with Crippen LogP contribution in [0.3, 0.4) is 0 Å². The summed E-state index contributed by atoms with van der Waals surface area (Å²) in [5.74, 6) is 0.890. The highest BCUT2D eigenvalue weighted by Gasteiger charge is 1.95. The Balaban J connectivity index is 2.90. The molecule has 0 amide bonds. The summed E-state index contributed by atoms with van der Waals surface area (Å²) in [6.45, 7) is 8.56.